The van der Waals surface area contributed by atoms with E-state index in [1.807, 2.05) is 43.5 Å². The molecule has 0 bridgehead atoms. The quantitative estimate of drug-likeness (QED) is 0.895. The van der Waals surface area contributed by atoms with E-state index in [9.17, 15) is 4.79 Å². The number of fused-ring (bicyclic) bond motifs is 1. The maximum Gasteiger partial charge on any atom is 0.226 e. The number of hydrogen-bond donors (Lipinski definition) is 1. The Morgan fingerprint density at radius 2 is 2.06 bits per heavy atom. The van der Waals surface area contributed by atoms with Crippen molar-refractivity contribution in [2.24, 2.45) is 0 Å². The van der Waals surface area contributed by atoms with Gasteiger partial charge in [-0.15, -0.1) is 0 Å². The highest BCUT2D eigenvalue weighted by atomic mass is 16.1. The smallest absolute Gasteiger partial charge is 0.226 e. The molecule has 0 fully saturated rings. The van der Waals surface area contributed by atoms with Crippen molar-refractivity contribution in [3.8, 4) is 0 Å². The molecule has 1 unspecified atom stereocenters. The zero-order valence-corrected chi connectivity index (χ0v) is 10.8. The van der Waals surface area contributed by atoms with Crippen molar-refractivity contribution in [3.05, 3.63) is 42.2 Å². The third kappa shape index (κ3) is 3.06. The van der Waals surface area contributed by atoms with E-state index in [0.29, 0.717) is 6.42 Å². The number of carbonyl (C=O) groups excluding carboxylic acids is 1. The molecule has 1 aromatic heterocycles. The minimum absolute atomic E-state index is 0.0344. The highest BCUT2D eigenvalue weighted by molar-refractivity contribution is 5.84. The summed E-state index contributed by atoms with van der Waals surface area (Å²) in [5, 5.41) is 5.17. The Morgan fingerprint density at radius 1 is 1.33 bits per heavy atom. The van der Waals surface area contributed by atoms with Crippen molar-refractivity contribution in [1.29, 1.82) is 0 Å². The van der Waals surface area contributed by atoms with Gasteiger partial charge in [0.25, 0.3) is 0 Å². The fourth-order valence-corrected chi connectivity index (χ4v) is 1.82. The lowest BCUT2D eigenvalue weighted by atomic mass is 10.1. The second-order valence-electron chi connectivity index (χ2n) is 4.58. The molecule has 3 nitrogen and oxygen atoms in total. The van der Waals surface area contributed by atoms with Gasteiger partial charge in [0.2, 0.25) is 5.91 Å². The minimum Gasteiger partial charge on any atom is -0.353 e. The number of pyridine rings is 1. The lowest BCUT2D eigenvalue weighted by Crippen LogP contribution is -2.33. The van der Waals surface area contributed by atoms with Gasteiger partial charge in [-0.2, -0.15) is 0 Å². The monoisotopic (exact) mass is 242 g/mol. The maximum atomic E-state index is 11.8. The minimum atomic E-state index is 0.0344. The summed E-state index contributed by atoms with van der Waals surface area (Å²) in [6.45, 7) is 4.06. The van der Waals surface area contributed by atoms with Crippen molar-refractivity contribution in [2.75, 3.05) is 0 Å². The predicted molar refractivity (Wildman–Crippen MR) is 73.3 cm³/mol. The first kappa shape index (κ1) is 12.6. The summed E-state index contributed by atoms with van der Waals surface area (Å²) in [4.78, 5) is 16.1. The van der Waals surface area contributed by atoms with Crippen molar-refractivity contribution >= 4 is 16.7 Å². The highest BCUT2D eigenvalue weighted by Gasteiger charge is 2.07. The Labute approximate surface area is 107 Å². The molecule has 2 rings (SSSR count). The summed E-state index contributed by atoms with van der Waals surface area (Å²) in [5.74, 6) is 0.0344. The van der Waals surface area contributed by atoms with Crippen LogP contribution in [0.4, 0.5) is 0 Å². The Kier molecular flexibility index (Phi) is 3.92. The van der Waals surface area contributed by atoms with Crippen LogP contribution in [0.15, 0.2) is 36.5 Å². The summed E-state index contributed by atoms with van der Waals surface area (Å²) in [5.41, 5.74) is 0.814. The second kappa shape index (κ2) is 5.63. The van der Waals surface area contributed by atoms with Crippen LogP contribution in [0.2, 0.25) is 0 Å². The molecule has 1 atom stereocenters. The number of benzene rings is 1. The topological polar surface area (TPSA) is 42.0 Å². The number of rotatable bonds is 4. The summed E-state index contributed by atoms with van der Waals surface area (Å²) < 4.78 is 0. The second-order valence-corrected chi connectivity index (χ2v) is 4.58. The molecule has 18 heavy (non-hydrogen) atoms. The number of amides is 1. The van der Waals surface area contributed by atoms with E-state index in [4.69, 9.17) is 0 Å². The fraction of sp³-hybridized carbons (Fsp3) is 0.333. The molecule has 0 aliphatic heterocycles. The first-order valence-electron chi connectivity index (χ1n) is 6.32. The van der Waals surface area contributed by atoms with E-state index in [0.717, 1.165) is 22.9 Å². The van der Waals surface area contributed by atoms with Crippen LogP contribution >= 0.6 is 0 Å². The van der Waals surface area contributed by atoms with Crippen LogP contribution in [0.1, 0.15) is 26.0 Å². The molecule has 2 aromatic rings. The Hall–Kier alpha value is -1.90. The third-order valence-electron chi connectivity index (χ3n) is 3.05. The molecule has 1 N–H and O–H groups in total. The van der Waals surface area contributed by atoms with E-state index in [2.05, 4.69) is 17.2 Å². The first-order valence-corrected chi connectivity index (χ1v) is 6.32. The van der Waals surface area contributed by atoms with Gasteiger partial charge in [-0.1, -0.05) is 31.2 Å². The van der Waals surface area contributed by atoms with E-state index >= 15 is 0 Å². The molecule has 94 valence electrons. The molecular weight excluding hydrogens is 224 g/mol. The number of hydrogen-bond acceptors (Lipinski definition) is 2. The molecule has 1 heterocycles. The van der Waals surface area contributed by atoms with Crippen LogP contribution in [0.25, 0.3) is 10.8 Å². The number of carbonyl (C=O) groups is 1. The average Bonchev–Trinajstić information content (AvgIpc) is 2.38. The molecule has 0 spiro atoms. The van der Waals surface area contributed by atoms with E-state index in [1.165, 1.54) is 0 Å². The number of nitrogens with one attached hydrogen (secondary N) is 1. The maximum absolute atomic E-state index is 11.8. The van der Waals surface area contributed by atoms with Gasteiger partial charge < -0.3 is 5.32 Å². The van der Waals surface area contributed by atoms with Crippen molar-refractivity contribution in [3.63, 3.8) is 0 Å². The summed E-state index contributed by atoms with van der Waals surface area (Å²) >= 11 is 0. The SMILES string of the molecule is CCC(C)NC(=O)Cc1cc2ccccc2cn1. The Bertz CT molecular complexity index is 551. The highest BCUT2D eigenvalue weighted by Crippen LogP contribution is 2.13. The van der Waals surface area contributed by atoms with Gasteiger partial charge in [0.1, 0.15) is 0 Å². The zero-order chi connectivity index (χ0) is 13.0. The van der Waals surface area contributed by atoms with Crippen molar-refractivity contribution in [1.82, 2.24) is 10.3 Å². The summed E-state index contributed by atoms with van der Waals surface area (Å²) in [7, 11) is 0. The van der Waals surface area contributed by atoms with Gasteiger partial charge >= 0.3 is 0 Å². The normalized spacial score (nSPS) is 12.3. The molecule has 0 aliphatic carbocycles. The summed E-state index contributed by atoms with van der Waals surface area (Å²) in [6.07, 6.45) is 3.10. The summed E-state index contributed by atoms with van der Waals surface area (Å²) in [6, 6.07) is 10.2. The fourth-order valence-electron chi connectivity index (χ4n) is 1.82. The zero-order valence-electron chi connectivity index (χ0n) is 10.8. The lowest BCUT2D eigenvalue weighted by Gasteiger charge is -2.11. The molecule has 0 aliphatic rings. The molecule has 3 heteroatoms. The van der Waals surface area contributed by atoms with Crippen LogP contribution in [0.3, 0.4) is 0 Å². The van der Waals surface area contributed by atoms with Gasteiger partial charge in [-0.3, -0.25) is 9.78 Å². The van der Waals surface area contributed by atoms with Crippen molar-refractivity contribution < 1.29 is 4.79 Å². The van der Waals surface area contributed by atoms with Gasteiger partial charge in [0.05, 0.1) is 12.1 Å². The van der Waals surface area contributed by atoms with Gasteiger partial charge in [0.15, 0.2) is 0 Å². The van der Waals surface area contributed by atoms with Crippen molar-refractivity contribution in [2.45, 2.75) is 32.7 Å². The lowest BCUT2D eigenvalue weighted by molar-refractivity contribution is -0.121. The Morgan fingerprint density at radius 3 is 2.78 bits per heavy atom. The van der Waals surface area contributed by atoms with Gasteiger partial charge in [0, 0.05) is 17.6 Å². The molecule has 0 saturated carbocycles. The van der Waals surface area contributed by atoms with Gasteiger partial charge in [-0.25, -0.2) is 0 Å². The van der Waals surface area contributed by atoms with Gasteiger partial charge in [-0.05, 0) is 24.8 Å². The molecule has 1 aromatic carbocycles. The van der Waals surface area contributed by atoms with E-state index in [-0.39, 0.29) is 11.9 Å². The molecule has 0 radical (unpaired) electrons. The molecule has 0 saturated heterocycles. The average molecular weight is 242 g/mol. The largest absolute Gasteiger partial charge is 0.353 e. The van der Waals surface area contributed by atoms with Crippen LogP contribution in [-0.2, 0) is 11.2 Å². The van der Waals surface area contributed by atoms with Crippen LogP contribution < -0.4 is 5.32 Å². The predicted octanol–water partition coefficient (Wildman–Crippen LogP) is 2.69. The van der Waals surface area contributed by atoms with Crippen LogP contribution in [0.5, 0.6) is 0 Å². The third-order valence-corrected chi connectivity index (χ3v) is 3.05. The number of nitrogens with zero attached hydrogens (tertiary/aromatic N) is 1. The standard InChI is InChI=1S/C15H18N2O/c1-3-11(2)17-15(18)9-14-8-12-6-4-5-7-13(12)10-16-14/h4-8,10-11H,3,9H2,1-2H3,(H,17,18). The van der Waals surface area contributed by atoms with E-state index in [1.54, 1.807) is 0 Å². The van der Waals surface area contributed by atoms with Crippen LogP contribution in [0, 0.1) is 0 Å². The Balaban J connectivity index is 2.10. The van der Waals surface area contributed by atoms with E-state index < -0.39 is 0 Å². The molecular formula is C15H18N2O. The van der Waals surface area contributed by atoms with Crippen LogP contribution in [-0.4, -0.2) is 16.9 Å². The molecule has 1 amide bonds. The number of aromatic nitrogens is 1. The first-order chi connectivity index (χ1) is 8.69.